The molecule has 0 bridgehead atoms. The van der Waals surface area contributed by atoms with E-state index in [1.165, 1.54) is 0 Å². The van der Waals surface area contributed by atoms with E-state index in [9.17, 15) is 29.4 Å². The minimum Gasteiger partial charge on any atom is -0.481 e. The first-order chi connectivity index (χ1) is 11.2. The SMILES string of the molecule is NOC(=O)CC1(CC(=O)O)CCCCC1(CC(=O)O)CC(=O)ON.O. The second-order valence-electron chi connectivity index (χ2n) is 6.24. The molecule has 8 N–H and O–H groups in total. The molecule has 0 aromatic carbocycles. The van der Waals surface area contributed by atoms with Crippen LogP contribution < -0.4 is 11.8 Å². The van der Waals surface area contributed by atoms with Crippen LogP contribution in [0.25, 0.3) is 0 Å². The molecule has 2 atom stereocenters. The minimum atomic E-state index is -1.29. The van der Waals surface area contributed by atoms with Gasteiger partial charge in [-0.05, 0) is 23.7 Å². The summed E-state index contributed by atoms with van der Waals surface area (Å²) in [5, 5.41) is 18.6. The number of carbonyl (C=O) groups is 4. The molecule has 1 rings (SSSR count). The zero-order chi connectivity index (χ0) is 18.4. The average molecular weight is 364 g/mol. The Kier molecular flexibility index (Phi) is 8.46. The van der Waals surface area contributed by atoms with E-state index >= 15 is 0 Å². The number of aliphatic carboxylic acids is 2. The summed E-state index contributed by atoms with van der Waals surface area (Å²) >= 11 is 0. The topological polar surface area (TPSA) is 211 Å². The fourth-order valence-corrected chi connectivity index (χ4v) is 3.90. The Labute approximate surface area is 143 Å². The van der Waals surface area contributed by atoms with E-state index in [2.05, 4.69) is 9.68 Å². The molecule has 0 aromatic rings. The first-order valence-corrected chi connectivity index (χ1v) is 7.43. The first kappa shape index (κ1) is 22.8. The van der Waals surface area contributed by atoms with Crippen LogP contribution in [0.3, 0.4) is 0 Å². The van der Waals surface area contributed by atoms with Crippen LogP contribution in [0, 0.1) is 10.8 Å². The number of rotatable bonds is 8. The zero-order valence-corrected chi connectivity index (χ0v) is 13.7. The quantitative estimate of drug-likeness (QED) is 0.396. The van der Waals surface area contributed by atoms with E-state index in [0.29, 0.717) is 12.8 Å². The van der Waals surface area contributed by atoms with Crippen LogP contribution in [0.15, 0.2) is 0 Å². The minimum absolute atomic E-state index is 0. The van der Waals surface area contributed by atoms with Gasteiger partial charge in [-0.1, -0.05) is 12.8 Å². The van der Waals surface area contributed by atoms with Crippen molar-refractivity contribution in [2.45, 2.75) is 51.4 Å². The van der Waals surface area contributed by atoms with Crippen molar-refractivity contribution in [3.8, 4) is 0 Å². The fraction of sp³-hybridized carbons (Fsp3) is 0.714. The van der Waals surface area contributed by atoms with Gasteiger partial charge in [0, 0.05) is 0 Å². The predicted octanol–water partition coefficient (Wildman–Crippen LogP) is -0.728. The lowest BCUT2D eigenvalue weighted by Crippen LogP contribution is -2.50. The van der Waals surface area contributed by atoms with Gasteiger partial charge in [-0.25, -0.2) is 0 Å². The Morgan fingerprint density at radius 3 is 1.32 bits per heavy atom. The van der Waals surface area contributed by atoms with Gasteiger partial charge in [-0.3, -0.25) is 19.2 Å². The van der Waals surface area contributed by atoms with Gasteiger partial charge in [0.1, 0.15) is 0 Å². The lowest BCUT2D eigenvalue weighted by molar-refractivity contribution is -0.170. The summed E-state index contributed by atoms with van der Waals surface area (Å²) in [7, 11) is 0. The van der Waals surface area contributed by atoms with Gasteiger partial charge in [-0.15, -0.1) is 0 Å². The third kappa shape index (κ3) is 5.37. The Morgan fingerprint density at radius 2 is 1.08 bits per heavy atom. The van der Waals surface area contributed by atoms with Crippen molar-refractivity contribution < 1.29 is 44.5 Å². The lowest BCUT2D eigenvalue weighted by atomic mass is 9.50. The number of carboxylic acid groups (broad SMARTS) is 2. The number of carboxylic acids is 2. The number of carbonyl (C=O) groups excluding carboxylic acids is 2. The molecule has 0 radical (unpaired) electrons. The summed E-state index contributed by atoms with van der Waals surface area (Å²) in [5.41, 5.74) is -2.58. The highest BCUT2D eigenvalue weighted by Crippen LogP contribution is 2.59. The molecule has 1 aliphatic rings. The Bertz CT molecular complexity index is 478. The van der Waals surface area contributed by atoms with Gasteiger partial charge < -0.3 is 25.4 Å². The van der Waals surface area contributed by atoms with Crippen molar-refractivity contribution in [2.24, 2.45) is 22.6 Å². The van der Waals surface area contributed by atoms with Crippen molar-refractivity contribution in [3.63, 3.8) is 0 Å². The standard InChI is InChI=1S/C14H22N2O8.H2O/c15-23-11(21)7-13(5-9(17)18)3-1-2-4-14(13,6-10(19)20)8-12(22)24-16;/h1-8,15-16H2,(H,17,18)(H,19,20);1H2. The summed E-state index contributed by atoms with van der Waals surface area (Å²) in [5.74, 6) is 5.59. The summed E-state index contributed by atoms with van der Waals surface area (Å²) in [6, 6.07) is 0. The maximum Gasteiger partial charge on any atom is 0.325 e. The van der Waals surface area contributed by atoms with Crippen molar-refractivity contribution in [1.82, 2.24) is 0 Å². The van der Waals surface area contributed by atoms with E-state index in [0.717, 1.165) is 0 Å². The molecule has 11 nitrogen and oxygen atoms in total. The van der Waals surface area contributed by atoms with Crippen LogP contribution in [0.5, 0.6) is 0 Å². The molecule has 11 heteroatoms. The van der Waals surface area contributed by atoms with Crippen LogP contribution in [0.2, 0.25) is 0 Å². The Hall–Kier alpha value is -2.24. The maximum atomic E-state index is 11.8. The summed E-state index contributed by atoms with van der Waals surface area (Å²) in [4.78, 5) is 54.7. The van der Waals surface area contributed by atoms with Crippen molar-refractivity contribution in [3.05, 3.63) is 0 Å². The first-order valence-electron chi connectivity index (χ1n) is 7.43. The lowest BCUT2D eigenvalue weighted by Gasteiger charge is -2.52. The highest BCUT2D eigenvalue weighted by atomic mass is 16.7. The van der Waals surface area contributed by atoms with Crippen LogP contribution in [-0.4, -0.2) is 39.6 Å². The van der Waals surface area contributed by atoms with Crippen LogP contribution >= 0.6 is 0 Å². The molecule has 0 heterocycles. The molecule has 0 saturated heterocycles. The zero-order valence-electron chi connectivity index (χ0n) is 13.7. The van der Waals surface area contributed by atoms with Gasteiger partial charge in [-0.2, -0.15) is 11.8 Å². The Balaban J connectivity index is 0.00000576. The highest BCUT2D eigenvalue weighted by Gasteiger charge is 2.56. The summed E-state index contributed by atoms with van der Waals surface area (Å²) < 4.78 is 0. The predicted molar refractivity (Wildman–Crippen MR) is 81.2 cm³/mol. The van der Waals surface area contributed by atoms with Crippen molar-refractivity contribution in [2.75, 3.05) is 0 Å². The van der Waals surface area contributed by atoms with E-state index in [4.69, 9.17) is 11.8 Å². The summed E-state index contributed by atoms with van der Waals surface area (Å²) in [6.45, 7) is 0. The molecule has 2 unspecified atom stereocenters. The molecular formula is C14H24N2O9. The molecule has 1 aliphatic carbocycles. The third-order valence-electron chi connectivity index (χ3n) is 4.89. The average Bonchev–Trinajstić information content (AvgIpc) is 2.48. The molecule has 0 spiro atoms. The largest absolute Gasteiger partial charge is 0.481 e. The van der Waals surface area contributed by atoms with Crippen LogP contribution in [-0.2, 0) is 28.9 Å². The molecule has 1 saturated carbocycles. The third-order valence-corrected chi connectivity index (χ3v) is 4.89. The molecule has 0 aromatic heterocycles. The molecule has 144 valence electrons. The number of hydrogen-bond donors (Lipinski definition) is 4. The molecular weight excluding hydrogens is 340 g/mol. The highest BCUT2D eigenvalue weighted by molar-refractivity contribution is 5.77. The van der Waals surface area contributed by atoms with Gasteiger partial charge in [0.05, 0.1) is 25.7 Å². The monoisotopic (exact) mass is 364 g/mol. The van der Waals surface area contributed by atoms with Crippen LogP contribution in [0.4, 0.5) is 0 Å². The normalized spacial score (nSPS) is 25.4. The second-order valence-corrected chi connectivity index (χ2v) is 6.24. The van der Waals surface area contributed by atoms with Gasteiger partial charge >= 0.3 is 23.9 Å². The van der Waals surface area contributed by atoms with E-state index in [-0.39, 0.29) is 18.3 Å². The van der Waals surface area contributed by atoms with Gasteiger partial charge in [0.15, 0.2) is 0 Å². The van der Waals surface area contributed by atoms with Crippen LogP contribution in [0.1, 0.15) is 51.4 Å². The van der Waals surface area contributed by atoms with Gasteiger partial charge in [0.25, 0.3) is 0 Å². The fourth-order valence-electron chi connectivity index (χ4n) is 3.90. The van der Waals surface area contributed by atoms with Crippen molar-refractivity contribution >= 4 is 23.9 Å². The second kappa shape index (κ2) is 9.30. The van der Waals surface area contributed by atoms with E-state index in [1.54, 1.807) is 0 Å². The van der Waals surface area contributed by atoms with E-state index < -0.39 is 60.4 Å². The summed E-state index contributed by atoms with van der Waals surface area (Å²) in [6.07, 6.45) is -0.115. The molecule has 0 amide bonds. The number of hydrogen-bond acceptors (Lipinski definition) is 8. The Morgan fingerprint density at radius 1 is 0.760 bits per heavy atom. The maximum absolute atomic E-state index is 11.8. The number of nitrogens with two attached hydrogens (primary N) is 2. The smallest absolute Gasteiger partial charge is 0.325 e. The molecule has 1 fully saturated rings. The molecule has 0 aliphatic heterocycles. The van der Waals surface area contributed by atoms with Crippen molar-refractivity contribution in [1.29, 1.82) is 0 Å². The van der Waals surface area contributed by atoms with Gasteiger partial charge in [0.2, 0.25) is 0 Å². The van der Waals surface area contributed by atoms with E-state index in [1.807, 2.05) is 0 Å². The molecule has 25 heavy (non-hydrogen) atoms.